The van der Waals surface area contributed by atoms with Gasteiger partial charge >= 0.3 is 0 Å². The first-order valence-electron chi connectivity index (χ1n) is 6.86. The topological polar surface area (TPSA) is 57.4 Å². The minimum absolute atomic E-state index is 0.0523. The number of pyridine rings is 1. The maximum Gasteiger partial charge on any atom is 0.221 e. The molecule has 0 amide bonds. The van der Waals surface area contributed by atoms with E-state index in [-0.39, 0.29) is 5.41 Å². The van der Waals surface area contributed by atoms with Gasteiger partial charge in [-0.3, -0.25) is 0 Å². The molecule has 2 aromatic rings. The van der Waals surface area contributed by atoms with Crippen molar-refractivity contribution in [3.05, 3.63) is 36.0 Å². The maximum absolute atomic E-state index is 6.20. The zero-order valence-electron chi connectivity index (χ0n) is 13.2. The van der Waals surface area contributed by atoms with Crippen LogP contribution in [0.15, 0.2) is 30.5 Å². The van der Waals surface area contributed by atoms with Crippen molar-refractivity contribution in [3.8, 4) is 22.8 Å². The number of methoxy groups -OCH3 is 2. The fourth-order valence-corrected chi connectivity index (χ4v) is 2.34. The Bertz CT molecular complexity index is 646. The molecule has 0 aliphatic heterocycles. The second kappa shape index (κ2) is 5.64. The minimum Gasteiger partial charge on any atom is -0.496 e. The second-order valence-electron chi connectivity index (χ2n) is 5.95. The number of rotatable bonds is 3. The van der Waals surface area contributed by atoms with Gasteiger partial charge in [0.15, 0.2) is 0 Å². The molecule has 0 bridgehead atoms. The standard InChI is InChI=1S/C17H22N2O2/c1-17(2,3)13-9-12(14(18)10-15(13)20-4)11-7-6-8-19-16(11)21-5/h6-10H,18H2,1-5H3. The Morgan fingerprint density at radius 2 is 1.76 bits per heavy atom. The predicted molar refractivity (Wildman–Crippen MR) is 85.9 cm³/mol. The summed E-state index contributed by atoms with van der Waals surface area (Å²) in [7, 11) is 3.27. The van der Waals surface area contributed by atoms with Crippen LogP contribution in [0.2, 0.25) is 0 Å². The van der Waals surface area contributed by atoms with Gasteiger partial charge in [-0.1, -0.05) is 20.8 Å². The lowest BCUT2D eigenvalue weighted by Crippen LogP contribution is -2.13. The van der Waals surface area contributed by atoms with Crippen molar-refractivity contribution in [3.63, 3.8) is 0 Å². The van der Waals surface area contributed by atoms with E-state index in [0.717, 1.165) is 22.4 Å². The van der Waals surface area contributed by atoms with Gasteiger partial charge in [-0.05, 0) is 23.6 Å². The van der Waals surface area contributed by atoms with Gasteiger partial charge in [0.2, 0.25) is 5.88 Å². The summed E-state index contributed by atoms with van der Waals surface area (Å²) in [6.45, 7) is 6.43. The zero-order chi connectivity index (χ0) is 15.6. The number of nitrogens with zero attached hydrogens (tertiary/aromatic N) is 1. The third-order valence-corrected chi connectivity index (χ3v) is 3.43. The Hall–Kier alpha value is -2.23. The molecule has 0 saturated heterocycles. The number of aromatic nitrogens is 1. The molecule has 0 saturated carbocycles. The van der Waals surface area contributed by atoms with E-state index in [0.29, 0.717) is 11.6 Å². The van der Waals surface area contributed by atoms with Crippen LogP contribution in [0.5, 0.6) is 11.6 Å². The molecule has 2 N–H and O–H groups in total. The van der Waals surface area contributed by atoms with Crippen LogP contribution in [0, 0.1) is 0 Å². The Morgan fingerprint density at radius 3 is 2.33 bits per heavy atom. The van der Waals surface area contributed by atoms with Gasteiger partial charge in [-0.2, -0.15) is 0 Å². The number of ether oxygens (including phenoxy) is 2. The molecule has 0 fully saturated rings. The van der Waals surface area contributed by atoms with Crippen LogP contribution >= 0.6 is 0 Å². The summed E-state index contributed by atoms with van der Waals surface area (Å²) in [5.41, 5.74) is 9.68. The van der Waals surface area contributed by atoms with Crippen molar-refractivity contribution < 1.29 is 9.47 Å². The quantitative estimate of drug-likeness (QED) is 0.875. The zero-order valence-corrected chi connectivity index (χ0v) is 13.2. The molecule has 0 aliphatic rings. The van der Waals surface area contributed by atoms with E-state index in [4.69, 9.17) is 15.2 Å². The van der Waals surface area contributed by atoms with E-state index >= 15 is 0 Å². The Morgan fingerprint density at radius 1 is 1.05 bits per heavy atom. The average Bonchev–Trinajstić information content (AvgIpc) is 2.45. The van der Waals surface area contributed by atoms with Crippen LogP contribution in [0.4, 0.5) is 5.69 Å². The molecular formula is C17H22N2O2. The third kappa shape index (κ3) is 2.94. The van der Waals surface area contributed by atoms with Crippen LogP contribution in [0.1, 0.15) is 26.3 Å². The van der Waals surface area contributed by atoms with Gasteiger partial charge in [-0.15, -0.1) is 0 Å². The fourth-order valence-electron chi connectivity index (χ4n) is 2.34. The monoisotopic (exact) mass is 286 g/mol. The molecule has 0 atom stereocenters. The van der Waals surface area contributed by atoms with Gasteiger partial charge in [0.1, 0.15) is 5.75 Å². The molecule has 2 rings (SSSR count). The molecule has 4 nitrogen and oxygen atoms in total. The minimum atomic E-state index is -0.0523. The summed E-state index contributed by atoms with van der Waals surface area (Å²) in [5.74, 6) is 1.36. The van der Waals surface area contributed by atoms with E-state index < -0.39 is 0 Å². The first-order valence-corrected chi connectivity index (χ1v) is 6.86. The predicted octanol–water partition coefficient (Wildman–Crippen LogP) is 3.65. The summed E-state index contributed by atoms with van der Waals surface area (Å²) in [6, 6.07) is 7.75. The van der Waals surface area contributed by atoms with Crippen LogP contribution in [-0.2, 0) is 5.41 Å². The summed E-state index contributed by atoms with van der Waals surface area (Å²) in [4.78, 5) is 4.24. The normalized spacial score (nSPS) is 11.3. The molecule has 0 unspecified atom stereocenters. The van der Waals surface area contributed by atoms with Crippen molar-refractivity contribution in [2.24, 2.45) is 0 Å². The largest absolute Gasteiger partial charge is 0.496 e. The molecule has 0 radical (unpaired) electrons. The summed E-state index contributed by atoms with van der Waals surface area (Å²) >= 11 is 0. The van der Waals surface area contributed by atoms with Crippen LogP contribution in [-0.4, -0.2) is 19.2 Å². The van der Waals surface area contributed by atoms with Crippen molar-refractivity contribution in [2.45, 2.75) is 26.2 Å². The molecule has 1 heterocycles. The molecule has 21 heavy (non-hydrogen) atoms. The van der Waals surface area contributed by atoms with Gasteiger partial charge in [0.05, 0.1) is 14.2 Å². The van der Waals surface area contributed by atoms with Gasteiger partial charge in [-0.25, -0.2) is 4.98 Å². The number of nitrogen functional groups attached to an aromatic ring is 1. The highest BCUT2D eigenvalue weighted by Gasteiger charge is 2.22. The van der Waals surface area contributed by atoms with Crippen molar-refractivity contribution in [2.75, 3.05) is 20.0 Å². The lowest BCUT2D eigenvalue weighted by atomic mass is 9.84. The summed E-state index contributed by atoms with van der Waals surface area (Å²) in [6.07, 6.45) is 1.70. The number of benzene rings is 1. The van der Waals surface area contributed by atoms with E-state index in [1.54, 1.807) is 20.4 Å². The molecule has 112 valence electrons. The lowest BCUT2D eigenvalue weighted by molar-refractivity contribution is 0.397. The maximum atomic E-state index is 6.20. The average molecular weight is 286 g/mol. The number of hydrogen-bond donors (Lipinski definition) is 1. The van der Waals surface area contributed by atoms with E-state index in [9.17, 15) is 0 Å². The van der Waals surface area contributed by atoms with E-state index in [1.807, 2.05) is 18.2 Å². The van der Waals surface area contributed by atoms with Gasteiger partial charge < -0.3 is 15.2 Å². The molecule has 0 aliphatic carbocycles. The van der Waals surface area contributed by atoms with Crippen molar-refractivity contribution in [1.82, 2.24) is 4.98 Å². The number of anilines is 1. The highest BCUT2D eigenvalue weighted by Crippen LogP contribution is 2.40. The highest BCUT2D eigenvalue weighted by molar-refractivity contribution is 5.81. The third-order valence-electron chi connectivity index (χ3n) is 3.43. The Labute approximate surface area is 125 Å². The van der Waals surface area contributed by atoms with Crippen molar-refractivity contribution >= 4 is 5.69 Å². The van der Waals surface area contributed by atoms with Crippen LogP contribution in [0.3, 0.4) is 0 Å². The highest BCUT2D eigenvalue weighted by atomic mass is 16.5. The van der Waals surface area contributed by atoms with E-state index in [2.05, 4.69) is 31.8 Å². The summed E-state index contributed by atoms with van der Waals surface area (Å²) < 4.78 is 10.8. The molecule has 1 aromatic carbocycles. The fraction of sp³-hybridized carbons (Fsp3) is 0.353. The first-order chi connectivity index (χ1) is 9.88. The Balaban J connectivity index is 2.70. The lowest BCUT2D eigenvalue weighted by Gasteiger charge is -2.24. The second-order valence-corrected chi connectivity index (χ2v) is 5.95. The van der Waals surface area contributed by atoms with Gasteiger partial charge in [0, 0.05) is 34.6 Å². The molecule has 1 aromatic heterocycles. The number of nitrogens with two attached hydrogens (primary N) is 1. The van der Waals surface area contributed by atoms with E-state index in [1.165, 1.54) is 0 Å². The Kier molecular flexibility index (Phi) is 4.07. The molecule has 4 heteroatoms. The smallest absolute Gasteiger partial charge is 0.221 e. The SMILES string of the molecule is COc1cc(N)c(-c2cccnc2OC)cc1C(C)(C)C. The molecular weight excluding hydrogens is 264 g/mol. The number of hydrogen-bond acceptors (Lipinski definition) is 4. The van der Waals surface area contributed by atoms with Crippen molar-refractivity contribution in [1.29, 1.82) is 0 Å². The van der Waals surface area contributed by atoms with Gasteiger partial charge in [0.25, 0.3) is 0 Å². The van der Waals surface area contributed by atoms with Crippen LogP contribution < -0.4 is 15.2 Å². The van der Waals surface area contributed by atoms with Crippen LogP contribution in [0.25, 0.3) is 11.1 Å². The summed E-state index contributed by atoms with van der Waals surface area (Å²) in [5, 5.41) is 0. The molecule has 0 spiro atoms. The first kappa shape index (κ1) is 15.2.